The molecule has 0 unspecified atom stereocenters. The summed E-state index contributed by atoms with van der Waals surface area (Å²) in [6.07, 6.45) is 4.32. The van der Waals surface area contributed by atoms with Crippen LogP contribution in [-0.4, -0.2) is 58.5 Å². The lowest BCUT2D eigenvalue weighted by atomic mass is 9.79. The molecule has 1 amide bonds. The number of hydrogen-bond acceptors (Lipinski definition) is 5. The van der Waals surface area contributed by atoms with Crippen LogP contribution in [0.3, 0.4) is 0 Å². The highest BCUT2D eigenvalue weighted by Crippen LogP contribution is 2.38. The first kappa shape index (κ1) is 36.2. The van der Waals surface area contributed by atoms with E-state index in [4.69, 9.17) is 13.9 Å². The second kappa shape index (κ2) is 16.4. The van der Waals surface area contributed by atoms with Crippen molar-refractivity contribution in [2.45, 2.75) is 77.3 Å². The monoisotopic (exact) mass is 655 g/mol. The molecule has 0 aliphatic carbocycles. The molecule has 1 heterocycles. The SMILES string of the molecule is C=C(C)[C@H](CCCO[Si](c1ccccc1)(c1ccccc1)C(C)(C)C)[C@@H](CCc1cccc(OC)c1)C(=O)N1CCC[C@H]1C(=O)OC. The lowest BCUT2D eigenvalue weighted by Crippen LogP contribution is -2.66. The number of methoxy groups -OCH3 is 2. The van der Waals surface area contributed by atoms with Gasteiger partial charge in [0.1, 0.15) is 11.8 Å². The molecule has 1 aliphatic rings. The fourth-order valence-corrected chi connectivity index (χ4v) is 12.0. The van der Waals surface area contributed by atoms with E-state index in [2.05, 4.69) is 94.1 Å². The van der Waals surface area contributed by atoms with Crippen LogP contribution in [0.1, 0.15) is 65.4 Å². The maximum Gasteiger partial charge on any atom is 0.328 e. The summed E-state index contributed by atoms with van der Waals surface area (Å²) < 4.78 is 17.7. The minimum absolute atomic E-state index is 0.0155. The summed E-state index contributed by atoms with van der Waals surface area (Å²) in [4.78, 5) is 28.8. The Hall–Kier alpha value is -3.68. The number of allylic oxidation sites excluding steroid dienone is 1. The van der Waals surface area contributed by atoms with Crippen LogP contribution < -0.4 is 15.1 Å². The van der Waals surface area contributed by atoms with E-state index in [1.165, 1.54) is 17.5 Å². The average molecular weight is 656 g/mol. The predicted molar refractivity (Wildman–Crippen MR) is 193 cm³/mol. The third kappa shape index (κ3) is 8.43. The van der Waals surface area contributed by atoms with Crippen LogP contribution in [-0.2, 0) is 25.2 Å². The topological polar surface area (TPSA) is 65.1 Å². The third-order valence-electron chi connectivity index (χ3n) is 9.72. The van der Waals surface area contributed by atoms with Crippen LogP contribution in [0.2, 0.25) is 5.04 Å². The van der Waals surface area contributed by atoms with Crippen LogP contribution in [0.15, 0.2) is 97.1 Å². The van der Waals surface area contributed by atoms with Crippen molar-refractivity contribution in [2.75, 3.05) is 27.4 Å². The third-order valence-corrected chi connectivity index (χ3v) is 14.8. The van der Waals surface area contributed by atoms with Gasteiger partial charge in [-0.1, -0.05) is 106 Å². The Kier molecular flexibility index (Phi) is 12.6. The van der Waals surface area contributed by atoms with Crippen LogP contribution in [0, 0.1) is 11.8 Å². The number of benzene rings is 3. The summed E-state index contributed by atoms with van der Waals surface area (Å²) in [6.45, 7) is 14.4. The molecule has 3 aromatic rings. The molecule has 0 saturated carbocycles. The Morgan fingerprint density at radius 3 is 2.11 bits per heavy atom. The zero-order valence-electron chi connectivity index (χ0n) is 29.2. The van der Waals surface area contributed by atoms with Gasteiger partial charge in [-0.05, 0) is 84.5 Å². The Labute approximate surface area is 283 Å². The highest BCUT2D eigenvalue weighted by molar-refractivity contribution is 6.99. The van der Waals surface area contributed by atoms with E-state index in [0.717, 1.165) is 36.1 Å². The molecule has 6 nitrogen and oxygen atoms in total. The molecule has 1 aliphatic heterocycles. The molecular weight excluding hydrogens is 603 g/mol. The molecule has 0 radical (unpaired) electrons. The standard InChI is InChI=1S/C40H53NO5Si/c1-30(2)35(23-16-28-46-47(40(3,4)5,33-19-10-8-11-20-33)34-21-12-9-13-22-34)36(26-25-31-17-14-18-32(29-31)44-6)38(42)41-27-15-24-37(41)39(43)45-7/h8-14,17-22,29,35-37H,1,15-16,23-28H2,2-7H3/t35-,36+,37-/m0/s1. The average Bonchev–Trinajstić information content (AvgIpc) is 3.57. The fraction of sp³-hybridized carbons (Fsp3) is 0.450. The summed E-state index contributed by atoms with van der Waals surface area (Å²) in [6, 6.07) is 28.9. The summed E-state index contributed by atoms with van der Waals surface area (Å²) >= 11 is 0. The van der Waals surface area contributed by atoms with Gasteiger partial charge in [0.15, 0.2) is 0 Å². The Balaban J connectivity index is 1.59. The van der Waals surface area contributed by atoms with Crippen molar-refractivity contribution in [1.29, 1.82) is 0 Å². The smallest absolute Gasteiger partial charge is 0.328 e. The van der Waals surface area contributed by atoms with E-state index in [-0.39, 0.29) is 28.8 Å². The summed E-state index contributed by atoms with van der Waals surface area (Å²) in [5.74, 6) is 0.0915. The number of hydrogen-bond donors (Lipinski definition) is 0. The van der Waals surface area contributed by atoms with E-state index >= 15 is 0 Å². The minimum Gasteiger partial charge on any atom is -0.497 e. The van der Waals surface area contributed by atoms with Crippen molar-refractivity contribution in [3.63, 3.8) is 0 Å². The van der Waals surface area contributed by atoms with E-state index < -0.39 is 14.4 Å². The number of carbonyl (C=O) groups excluding carboxylic acids is 2. The lowest BCUT2D eigenvalue weighted by Gasteiger charge is -2.43. The van der Waals surface area contributed by atoms with Gasteiger partial charge in [-0.25, -0.2) is 4.79 Å². The first-order chi connectivity index (χ1) is 22.5. The molecule has 4 rings (SSSR count). The number of likely N-dealkylation sites (tertiary alicyclic amines) is 1. The number of aryl methyl sites for hydroxylation is 1. The van der Waals surface area contributed by atoms with Gasteiger partial charge >= 0.3 is 5.97 Å². The Morgan fingerprint density at radius 1 is 0.915 bits per heavy atom. The van der Waals surface area contributed by atoms with E-state index in [0.29, 0.717) is 32.4 Å². The lowest BCUT2D eigenvalue weighted by molar-refractivity contribution is -0.153. The maximum absolute atomic E-state index is 14.4. The van der Waals surface area contributed by atoms with Crippen molar-refractivity contribution >= 4 is 30.6 Å². The molecule has 0 N–H and O–H groups in total. The van der Waals surface area contributed by atoms with Gasteiger partial charge in [0.05, 0.1) is 14.2 Å². The highest BCUT2D eigenvalue weighted by Gasteiger charge is 2.50. The number of ether oxygens (including phenoxy) is 2. The van der Waals surface area contributed by atoms with Gasteiger partial charge in [0, 0.05) is 19.1 Å². The number of rotatable bonds is 15. The van der Waals surface area contributed by atoms with Crippen molar-refractivity contribution in [1.82, 2.24) is 4.90 Å². The van der Waals surface area contributed by atoms with Gasteiger partial charge in [0.2, 0.25) is 5.91 Å². The largest absolute Gasteiger partial charge is 0.497 e. The van der Waals surface area contributed by atoms with E-state index in [1.54, 1.807) is 12.0 Å². The van der Waals surface area contributed by atoms with Crippen molar-refractivity contribution in [3.05, 3.63) is 103 Å². The molecule has 3 atom stereocenters. The van der Waals surface area contributed by atoms with E-state index in [9.17, 15) is 9.59 Å². The first-order valence-corrected chi connectivity index (χ1v) is 18.9. The summed E-state index contributed by atoms with van der Waals surface area (Å²) in [7, 11) is 0.385. The van der Waals surface area contributed by atoms with Gasteiger partial charge in [-0.2, -0.15) is 0 Å². The quantitative estimate of drug-likeness (QED) is 0.0767. The molecule has 1 fully saturated rings. The number of esters is 1. The maximum atomic E-state index is 14.4. The number of amides is 1. The molecular formula is C40H53NO5Si. The van der Waals surface area contributed by atoms with Crippen LogP contribution in [0.4, 0.5) is 0 Å². The summed E-state index contributed by atoms with van der Waals surface area (Å²) in [5.41, 5.74) is 2.09. The highest BCUT2D eigenvalue weighted by atomic mass is 28.4. The van der Waals surface area contributed by atoms with Gasteiger partial charge in [-0.3, -0.25) is 4.79 Å². The molecule has 0 bridgehead atoms. The molecule has 0 aromatic heterocycles. The Morgan fingerprint density at radius 2 is 1.55 bits per heavy atom. The van der Waals surface area contributed by atoms with Crippen LogP contribution in [0.5, 0.6) is 5.75 Å². The van der Waals surface area contributed by atoms with Crippen molar-refractivity contribution < 1.29 is 23.5 Å². The molecule has 7 heteroatoms. The Bertz CT molecular complexity index is 1430. The molecule has 3 aromatic carbocycles. The number of carbonyl (C=O) groups is 2. The minimum atomic E-state index is -2.67. The second-order valence-corrected chi connectivity index (χ2v) is 18.1. The molecule has 0 spiro atoms. The normalized spacial score (nSPS) is 16.4. The van der Waals surface area contributed by atoms with Gasteiger partial charge in [-0.15, -0.1) is 0 Å². The molecule has 252 valence electrons. The van der Waals surface area contributed by atoms with Crippen molar-refractivity contribution in [3.8, 4) is 5.75 Å². The van der Waals surface area contributed by atoms with Crippen LogP contribution in [0.25, 0.3) is 0 Å². The molecule has 1 saturated heterocycles. The van der Waals surface area contributed by atoms with Gasteiger partial charge < -0.3 is 18.8 Å². The van der Waals surface area contributed by atoms with E-state index in [1.807, 2.05) is 25.1 Å². The zero-order chi connectivity index (χ0) is 34.0. The first-order valence-electron chi connectivity index (χ1n) is 16.9. The fourth-order valence-electron chi connectivity index (χ4n) is 7.35. The summed E-state index contributed by atoms with van der Waals surface area (Å²) in [5, 5.41) is 2.39. The predicted octanol–water partition coefficient (Wildman–Crippen LogP) is 6.96. The van der Waals surface area contributed by atoms with Gasteiger partial charge in [0.25, 0.3) is 8.32 Å². The molecule has 47 heavy (non-hydrogen) atoms. The number of nitrogens with zero attached hydrogens (tertiary/aromatic N) is 1. The second-order valence-electron chi connectivity index (χ2n) is 13.8. The van der Waals surface area contributed by atoms with Crippen molar-refractivity contribution in [2.24, 2.45) is 11.8 Å². The van der Waals surface area contributed by atoms with Crippen LogP contribution >= 0.6 is 0 Å². The zero-order valence-corrected chi connectivity index (χ0v) is 30.2.